The molecule has 0 heterocycles. The van der Waals surface area contributed by atoms with Crippen LogP contribution >= 0.6 is 7.81 Å². The Morgan fingerprint density at radius 3 is 1.00 bits per heavy atom. The molecular weight excluding hydrogens is 405 g/mol. The average Bonchev–Trinajstić information content (AvgIpc) is 2.51. The van der Waals surface area contributed by atoms with Gasteiger partial charge in [-0.25, -0.2) is 0 Å². The minimum atomic E-state index is -10.7. The van der Waals surface area contributed by atoms with E-state index in [0.29, 0.717) is 0 Å². The molecule has 0 aliphatic carbocycles. The monoisotopic (exact) mass is 446 g/mol. The summed E-state index contributed by atoms with van der Waals surface area (Å²) in [5, 5.41) is 0. The first-order valence-corrected chi connectivity index (χ1v) is 14.3. The molecule has 0 amide bonds. The van der Waals surface area contributed by atoms with Crippen LogP contribution in [0.4, 0.5) is 25.2 Å². The van der Waals surface area contributed by atoms with Crippen molar-refractivity contribution in [3.63, 3.8) is 0 Å². The van der Waals surface area contributed by atoms with E-state index >= 15 is 0 Å². The molecule has 8 heteroatoms. The molecule has 0 spiro atoms. The van der Waals surface area contributed by atoms with Crippen molar-refractivity contribution in [2.45, 2.75) is 104 Å². The molecule has 0 atom stereocenters. The van der Waals surface area contributed by atoms with Gasteiger partial charge >= 0.3 is 33.0 Å². The van der Waals surface area contributed by atoms with Gasteiger partial charge in [-0.1, -0.05) is 65.7 Å². The number of hydrogen-bond donors (Lipinski definition) is 0. The Balaban J connectivity index is 0. The van der Waals surface area contributed by atoms with Gasteiger partial charge in [-0.05, 0) is 49.4 Å². The van der Waals surface area contributed by atoms with E-state index in [4.69, 9.17) is 0 Å². The summed E-state index contributed by atoms with van der Waals surface area (Å²) in [7, 11) is -9.89. The second-order valence-electron chi connectivity index (χ2n) is 7.22. The molecular formula is C19H41F6PS. The summed E-state index contributed by atoms with van der Waals surface area (Å²) in [6.45, 7) is 6.95. The fourth-order valence-electron chi connectivity index (χ4n) is 2.68. The fourth-order valence-corrected chi connectivity index (χ4v) is 5.13. The maximum atomic E-state index is 9.87. The predicted octanol–water partition coefficient (Wildman–Crippen LogP) is 10.1. The predicted molar refractivity (Wildman–Crippen MR) is 113 cm³/mol. The van der Waals surface area contributed by atoms with Crippen LogP contribution in [-0.2, 0) is 10.9 Å². The van der Waals surface area contributed by atoms with Crippen molar-refractivity contribution >= 4 is 18.7 Å². The Morgan fingerprint density at radius 2 is 0.667 bits per heavy atom. The first-order valence-electron chi connectivity index (χ1n) is 10.5. The molecule has 0 nitrogen and oxygen atoms in total. The summed E-state index contributed by atoms with van der Waals surface area (Å²) in [6, 6.07) is 0. The van der Waals surface area contributed by atoms with Crippen LogP contribution in [0.25, 0.3) is 0 Å². The van der Waals surface area contributed by atoms with E-state index in [9.17, 15) is 25.2 Å². The van der Waals surface area contributed by atoms with Gasteiger partial charge in [-0.15, -0.1) is 0 Å². The van der Waals surface area contributed by atoms with Crippen LogP contribution in [0.15, 0.2) is 0 Å². The van der Waals surface area contributed by atoms with Gasteiger partial charge in [-0.2, -0.15) is 0 Å². The van der Waals surface area contributed by atoms with Crippen molar-refractivity contribution < 1.29 is 25.2 Å². The fraction of sp³-hybridized carbons (Fsp3) is 1.00. The zero-order valence-corrected chi connectivity index (χ0v) is 19.1. The van der Waals surface area contributed by atoms with Crippen LogP contribution in [0.3, 0.4) is 0 Å². The summed E-state index contributed by atoms with van der Waals surface area (Å²) in [5.41, 5.74) is 0. The van der Waals surface area contributed by atoms with Gasteiger partial charge in [0, 0.05) is 0 Å². The number of halogens is 6. The van der Waals surface area contributed by atoms with E-state index in [0.717, 1.165) is 10.9 Å². The second-order valence-corrected chi connectivity index (χ2v) is 11.6. The van der Waals surface area contributed by atoms with E-state index in [2.05, 4.69) is 20.8 Å². The molecule has 0 aromatic rings. The van der Waals surface area contributed by atoms with Crippen LogP contribution in [0, 0.1) is 0 Å². The van der Waals surface area contributed by atoms with Gasteiger partial charge in [0.15, 0.2) is 0 Å². The van der Waals surface area contributed by atoms with E-state index in [-0.39, 0.29) is 0 Å². The molecule has 0 bridgehead atoms. The maximum absolute atomic E-state index is 10.7. The first kappa shape index (κ1) is 29.6. The summed E-state index contributed by atoms with van der Waals surface area (Å²) in [6.07, 6.45) is 18.9. The third-order valence-electron chi connectivity index (χ3n) is 4.11. The summed E-state index contributed by atoms with van der Waals surface area (Å²) >= 11 is 0. The van der Waals surface area contributed by atoms with Crippen LogP contribution in [0.2, 0.25) is 0 Å². The Hall–Kier alpha value is 0.360. The zero-order chi connectivity index (χ0) is 21.3. The van der Waals surface area contributed by atoms with Gasteiger partial charge in [0.25, 0.3) is 0 Å². The van der Waals surface area contributed by atoms with Crippen molar-refractivity contribution in [2.24, 2.45) is 0 Å². The summed E-state index contributed by atoms with van der Waals surface area (Å²) in [4.78, 5) is 0. The van der Waals surface area contributed by atoms with Crippen LogP contribution < -0.4 is 0 Å². The third kappa shape index (κ3) is 41.7. The Morgan fingerprint density at radius 1 is 0.444 bits per heavy atom. The van der Waals surface area contributed by atoms with Crippen LogP contribution in [0.1, 0.15) is 104 Å². The number of unbranched alkanes of at least 4 members (excludes halogenated alkanes) is 10. The molecule has 0 aliphatic heterocycles. The van der Waals surface area contributed by atoms with Gasteiger partial charge in [-0.3, -0.25) is 0 Å². The first-order chi connectivity index (χ1) is 12.3. The van der Waals surface area contributed by atoms with Crippen molar-refractivity contribution in [1.82, 2.24) is 0 Å². The molecule has 0 aromatic carbocycles. The molecule has 0 radical (unpaired) electrons. The Labute approximate surface area is 165 Å². The van der Waals surface area contributed by atoms with Crippen molar-refractivity contribution in [3.8, 4) is 0 Å². The van der Waals surface area contributed by atoms with E-state index < -0.39 is 7.81 Å². The Bertz CT molecular complexity index is 310. The van der Waals surface area contributed by atoms with Crippen LogP contribution in [0.5, 0.6) is 0 Å². The second kappa shape index (κ2) is 14.4. The molecule has 0 rings (SSSR count). The quantitative estimate of drug-likeness (QED) is 0.0957. The molecule has 0 fully saturated rings. The number of rotatable bonds is 16. The molecule has 0 unspecified atom stereocenters. The van der Waals surface area contributed by atoms with E-state index in [1.165, 1.54) is 95.0 Å². The Kier molecular flexibility index (Phi) is 15.7. The number of hydrogen-bond acceptors (Lipinski definition) is 0. The van der Waals surface area contributed by atoms with E-state index in [1.807, 2.05) is 0 Å². The SMILES string of the molecule is CCCCCCCCC[S+](CCCCC)CCCCC.F[P-](F)(F)(F)(F)F. The topological polar surface area (TPSA) is 0 Å². The van der Waals surface area contributed by atoms with Gasteiger partial charge in [0.05, 0.1) is 0 Å². The normalized spacial score (nSPS) is 14.4. The van der Waals surface area contributed by atoms with Crippen LogP contribution in [-0.4, -0.2) is 17.3 Å². The van der Waals surface area contributed by atoms with Crippen molar-refractivity contribution in [1.29, 1.82) is 0 Å². The molecule has 0 saturated heterocycles. The van der Waals surface area contributed by atoms with Crippen molar-refractivity contribution in [3.05, 3.63) is 0 Å². The molecule has 0 N–H and O–H groups in total. The van der Waals surface area contributed by atoms with Gasteiger partial charge < -0.3 is 0 Å². The van der Waals surface area contributed by atoms with Gasteiger partial charge in [0.2, 0.25) is 0 Å². The minimum absolute atomic E-state index is 0.764. The average molecular weight is 447 g/mol. The molecule has 0 saturated carbocycles. The molecule has 0 aliphatic rings. The summed E-state index contributed by atoms with van der Waals surface area (Å²) < 4.78 is 59.2. The zero-order valence-electron chi connectivity index (χ0n) is 17.4. The standard InChI is InChI=1S/C19H41S.F6P/c1-4-7-10-11-12-13-16-19-20(17-14-8-5-2)18-15-9-6-3;1-7(2,3,4,5)6/h4-19H2,1-3H3;/q+1;-1. The van der Waals surface area contributed by atoms with E-state index in [1.54, 1.807) is 5.75 Å². The molecule has 170 valence electrons. The molecule has 0 aromatic heterocycles. The molecule has 27 heavy (non-hydrogen) atoms. The third-order valence-corrected chi connectivity index (χ3v) is 6.71. The summed E-state index contributed by atoms with van der Waals surface area (Å²) in [5.74, 6) is 4.61. The van der Waals surface area contributed by atoms with Gasteiger partial charge in [0.1, 0.15) is 17.3 Å². The van der Waals surface area contributed by atoms with Crippen molar-refractivity contribution in [2.75, 3.05) is 17.3 Å².